The summed E-state index contributed by atoms with van der Waals surface area (Å²) in [6, 6.07) is 17.9. The van der Waals surface area contributed by atoms with Gasteiger partial charge in [0.1, 0.15) is 28.4 Å². The molecule has 3 aromatic carbocycles. The molecule has 0 spiro atoms. The van der Waals surface area contributed by atoms with Crippen LogP contribution in [0.3, 0.4) is 0 Å². The van der Waals surface area contributed by atoms with Crippen LogP contribution < -0.4 is 13.7 Å². The van der Waals surface area contributed by atoms with Gasteiger partial charge in [-0.25, -0.2) is 9.59 Å². The number of ether oxygens (including phenoxy) is 6. The van der Waals surface area contributed by atoms with Gasteiger partial charge in [0.15, 0.2) is 13.6 Å². The van der Waals surface area contributed by atoms with E-state index in [0.29, 0.717) is 11.3 Å². The minimum Gasteiger partial charge on any atom is -0.467 e. The van der Waals surface area contributed by atoms with E-state index in [9.17, 15) is 31.2 Å². The Bertz CT molecular complexity index is 1440. The van der Waals surface area contributed by atoms with Gasteiger partial charge < -0.3 is 32.6 Å². The third-order valence-corrected chi connectivity index (χ3v) is 5.98. The fourth-order valence-corrected chi connectivity index (χ4v) is 3.56. The highest BCUT2D eigenvalue weighted by Gasteiger charge is 2.48. The summed E-state index contributed by atoms with van der Waals surface area (Å²) in [6.45, 7) is -0.167. The Kier molecular flexibility index (Phi) is 12.6. The van der Waals surface area contributed by atoms with Crippen molar-refractivity contribution >= 4 is 22.1 Å². The Morgan fingerprint density at radius 3 is 1.67 bits per heavy atom. The van der Waals surface area contributed by atoms with Crippen LogP contribution in [0, 0.1) is 0 Å². The molecule has 0 aromatic heterocycles. The topological polar surface area (TPSA) is 133 Å². The van der Waals surface area contributed by atoms with E-state index < -0.39 is 33.3 Å². The lowest BCUT2D eigenvalue weighted by Crippen LogP contribution is -2.28. The second kappa shape index (κ2) is 15.6. The summed E-state index contributed by atoms with van der Waals surface area (Å²) in [7, 11) is -0.638. The first-order valence-electron chi connectivity index (χ1n) is 11.6. The molecule has 15 heteroatoms. The molecule has 0 saturated heterocycles. The van der Waals surface area contributed by atoms with E-state index in [-0.39, 0.29) is 24.9 Å². The van der Waals surface area contributed by atoms with E-state index in [1.54, 1.807) is 12.1 Å². The second-order valence-corrected chi connectivity index (χ2v) is 9.34. The summed E-state index contributed by atoms with van der Waals surface area (Å²) in [5, 5.41) is 0. The minimum atomic E-state index is -5.85. The summed E-state index contributed by atoms with van der Waals surface area (Å²) in [4.78, 5) is 23.4. The first kappa shape index (κ1) is 33.9. The third-order valence-electron chi connectivity index (χ3n) is 5.00. The molecule has 0 bridgehead atoms. The zero-order chi connectivity index (χ0) is 31.3. The number of esters is 2. The van der Waals surface area contributed by atoms with E-state index in [0.717, 1.165) is 36.4 Å². The van der Waals surface area contributed by atoms with Gasteiger partial charge in [-0.05, 0) is 35.4 Å². The van der Waals surface area contributed by atoms with Crippen molar-refractivity contribution < 1.29 is 63.8 Å². The van der Waals surface area contributed by atoms with E-state index in [1.165, 1.54) is 21.3 Å². The SMILES string of the molecule is COCOc1ccc(-c2ccccc2)cc1C(=O)OC.COCOc1ccc(OS(=O)(=O)C(F)(F)F)cc1C(=O)OC. The smallest absolute Gasteiger partial charge is 0.467 e. The Labute approximate surface area is 239 Å². The van der Waals surface area contributed by atoms with Gasteiger partial charge in [0.2, 0.25) is 0 Å². The van der Waals surface area contributed by atoms with E-state index in [1.807, 2.05) is 36.4 Å². The number of methoxy groups -OCH3 is 4. The first-order valence-corrected chi connectivity index (χ1v) is 13.0. The number of rotatable bonds is 11. The molecule has 0 unspecified atom stereocenters. The molecule has 0 amide bonds. The standard InChI is InChI=1S/C16H16O4.C11H11F3O7S/c1-18-11-20-15-9-8-13(10-14(15)16(17)19-2)12-6-4-3-5-7-12;1-18-6-20-9-4-3-7(5-8(9)10(15)19-2)21-22(16,17)11(12,13)14/h3-10H,11H2,1-2H3;3-5H,6H2,1-2H3. The second-order valence-electron chi connectivity index (χ2n) is 7.80. The van der Waals surface area contributed by atoms with Gasteiger partial charge in [0, 0.05) is 20.3 Å². The highest BCUT2D eigenvalue weighted by Crippen LogP contribution is 2.31. The number of hydrogen-bond donors (Lipinski definition) is 0. The molecule has 0 saturated carbocycles. The zero-order valence-electron chi connectivity index (χ0n) is 22.8. The van der Waals surface area contributed by atoms with E-state index >= 15 is 0 Å². The maximum absolute atomic E-state index is 12.2. The predicted octanol–water partition coefficient (Wildman–Crippen LogP) is 4.81. The molecule has 0 aliphatic rings. The van der Waals surface area contributed by atoms with Crippen molar-refractivity contribution in [3.05, 3.63) is 77.9 Å². The zero-order valence-corrected chi connectivity index (χ0v) is 23.6. The van der Waals surface area contributed by atoms with Crippen molar-refractivity contribution in [3.8, 4) is 28.4 Å². The molecular weight excluding hydrogens is 589 g/mol. The molecule has 0 N–H and O–H groups in total. The van der Waals surface area contributed by atoms with E-state index in [4.69, 9.17) is 18.9 Å². The van der Waals surface area contributed by atoms with Crippen LogP contribution in [0.25, 0.3) is 11.1 Å². The Balaban J connectivity index is 0.000000294. The lowest BCUT2D eigenvalue weighted by molar-refractivity contribution is -0.0500. The van der Waals surface area contributed by atoms with Crippen LogP contribution >= 0.6 is 0 Å². The summed E-state index contributed by atoms with van der Waals surface area (Å²) in [5.74, 6) is -1.75. The molecule has 3 aromatic rings. The molecule has 42 heavy (non-hydrogen) atoms. The largest absolute Gasteiger partial charge is 0.534 e. The van der Waals surface area contributed by atoms with Crippen LogP contribution in [0.1, 0.15) is 20.7 Å². The Morgan fingerprint density at radius 1 is 0.690 bits per heavy atom. The van der Waals surface area contributed by atoms with Crippen LogP contribution in [-0.2, 0) is 29.1 Å². The molecule has 3 rings (SSSR count). The number of benzene rings is 3. The molecule has 11 nitrogen and oxygen atoms in total. The summed E-state index contributed by atoms with van der Waals surface area (Å²) >= 11 is 0. The summed E-state index contributed by atoms with van der Waals surface area (Å²) in [6.07, 6.45) is 0. The lowest BCUT2D eigenvalue weighted by Gasteiger charge is -2.13. The highest BCUT2D eigenvalue weighted by molar-refractivity contribution is 7.88. The number of carbonyl (C=O) groups excluding carboxylic acids is 2. The van der Waals surface area contributed by atoms with Gasteiger partial charge in [-0.1, -0.05) is 36.4 Å². The average molecular weight is 617 g/mol. The van der Waals surface area contributed by atoms with Gasteiger partial charge in [-0.3, -0.25) is 0 Å². The van der Waals surface area contributed by atoms with Crippen LogP contribution in [0.4, 0.5) is 13.2 Å². The van der Waals surface area contributed by atoms with Gasteiger partial charge in [0.05, 0.1) is 14.2 Å². The fraction of sp³-hybridized carbons (Fsp3) is 0.259. The Morgan fingerprint density at radius 2 is 1.19 bits per heavy atom. The van der Waals surface area contributed by atoms with Gasteiger partial charge in [-0.2, -0.15) is 21.6 Å². The normalized spacial score (nSPS) is 11.0. The molecule has 0 fully saturated rings. The van der Waals surface area contributed by atoms with Crippen molar-refractivity contribution in [3.63, 3.8) is 0 Å². The van der Waals surface area contributed by atoms with Gasteiger partial charge >= 0.3 is 27.6 Å². The minimum absolute atomic E-state index is 0.0781. The molecule has 0 aliphatic carbocycles. The lowest BCUT2D eigenvalue weighted by atomic mass is 10.0. The number of carbonyl (C=O) groups is 2. The molecular formula is C27H27F3O11S. The first-order chi connectivity index (χ1) is 19.9. The number of halogens is 3. The maximum atomic E-state index is 12.2. The van der Waals surface area contributed by atoms with Gasteiger partial charge in [-0.15, -0.1) is 0 Å². The van der Waals surface area contributed by atoms with Crippen molar-refractivity contribution in [2.24, 2.45) is 0 Å². The Hall–Kier alpha value is -4.34. The van der Waals surface area contributed by atoms with Crippen molar-refractivity contribution in [1.29, 1.82) is 0 Å². The number of hydrogen-bond acceptors (Lipinski definition) is 11. The van der Waals surface area contributed by atoms with Crippen molar-refractivity contribution in [2.75, 3.05) is 42.0 Å². The van der Waals surface area contributed by atoms with Crippen LogP contribution in [0.15, 0.2) is 66.7 Å². The molecule has 0 atom stereocenters. The van der Waals surface area contributed by atoms with Gasteiger partial charge in [0.25, 0.3) is 0 Å². The highest BCUT2D eigenvalue weighted by atomic mass is 32.2. The average Bonchev–Trinajstić information content (AvgIpc) is 2.98. The van der Waals surface area contributed by atoms with Crippen molar-refractivity contribution in [1.82, 2.24) is 0 Å². The quantitative estimate of drug-likeness (QED) is 0.127. The van der Waals surface area contributed by atoms with Crippen LogP contribution in [0.2, 0.25) is 0 Å². The van der Waals surface area contributed by atoms with Crippen molar-refractivity contribution in [2.45, 2.75) is 5.51 Å². The summed E-state index contributed by atoms with van der Waals surface area (Å²) < 4.78 is 91.5. The van der Waals surface area contributed by atoms with E-state index in [2.05, 4.69) is 13.7 Å². The predicted molar refractivity (Wildman–Crippen MR) is 142 cm³/mol. The summed E-state index contributed by atoms with van der Waals surface area (Å²) in [5.41, 5.74) is -3.59. The molecule has 0 aliphatic heterocycles. The monoisotopic (exact) mass is 616 g/mol. The molecule has 0 heterocycles. The molecule has 0 radical (unpaired) electrons. The molecule has 228 valence electrons. The van der Waals surface area contributed by atoms with Crippen LogP contribution in [0.5, 0.6) is 17.2 Å². The maximum Gasteiger partial charge on any atom is 0.534 e. The fourth-order valence-electron chi connectivity index (χ4n) is 3.11. The number of alkyl halides is 3. The van der Waals surface area contributed by atoms with Crippen LogP contribution in [-0.4, -0.2) is 67.9 Å². The third kappa shape index (κ3) is 9.36.